The zero-order valence-electron chi connectivity index (χ0n) is 23.9. The monoisotopic (exact) mass is 554 g/mol. The molecular formula is C33H38N4O4. The first kappa shape index (κ1) is 29.4. The summed E-state index contributed by atoms with van der Waals surface area (Å²) in [6.07, 6.45) is 5.63. The number of fused-ring (bicyclic) bond motifs is 1. The third-order valence-corrected chi connectivity index (χ3v) is 6.93. The van der Waals surface area contributed by atoms with Gasteiger partial charge < -0.3 is 25.3 Å². The Kier molecular flexibility index (Phi) is 9.12. The Balaban J connectivity index is 1.63. The molecule has 2 aromatic carbocycles. The highest BCUT2D eigenvalue weighted by Crippen LogP contribution is 2.26. The third-order valence-electron chi connectivity index (χ3n) is 6.93. The maximum absolute atomic E-state index is 13.9. The molecule has 3 amide bonds. The van der Waals surface area contributed by atoms with Crippen LogP contribution in [0.5, 0.6) is 0 Å². The van der Waals surface area contributed by atoms with E-state index in [1.54, 1.807) is 37.8 Å². The number of H-pyrrole nitrogens is 1. The summed E-state index contributed by atoms with van der Waals surface area (Å²) in [7, 11) is 0. The topological polar surface area (TPSA) is 104 Å². The number of aromatic amines is 1. The van der Waals surface area contributed by atoms with Gasteiger partial charge in [0.15, 0.2) is 0 Å². The van der Waals surface area contributed by atoms with Crippen molar-refractivity contribution in [1.82, 2.24) is 20.5 Å². The first-order valence-corrected chi connectivity index (χ1v) is 13.8. The molecule has 0 saturated carbocycles. The average Bonchev–Trinajstić information content (AvgIpc) is 3.55. The lowest BCUT2D eigenvalue weighted by Crippen LogP contribution is -2.55. The number of alkyl carbamates (subject to hydrolysis) is 1. The van der Waals surface area contributed by atoms with Crippen molar-refractivity contribution in [2.75, 3.05) is 6.54 Å². The lowest BCUT2D eigenvalue weighted by molar-refractivity contribution is -0.135. The standard InChI is InChI=1S/C33H38N4O4/c1-6-23-17-18-37(29(23)7-2)31(39)28(19-22-13-9-8-10-14-22)35-30(38)27(36-32(40)41-33(3,4)5)20-24-21-34-26-16-12-11-15-25(24)26/h6-16,21,27-28,34H,1-2,17-20H2,3-5H3,(H,35,38)(H,36,40). The van der Waals surface area contributed by atoms with Crippen molar-refractivity contribution in [1.29, 1.82) is 0 Å². The van der Waals surface area contributed by atoms with Crippen LogP contribution in [0.1, 0.15) is 38.3 Å². The number of para-hydroxylation sites is 1. The normalized spacial score (nSPS) is 14.9. The van der Waals surface area contributed by atoms with Gasteiger partial charge in [-0.1, -0.05) is 67.8 Å². The van der Waals surface area contributed by atoms with Crippen molar-refractivity contribution < 1.29 is 19.1 Å². The smallest absolute Gasteiger partial charge is 0.408 e. The Morgan fingerprint density at radius 3 is 2.37 bits per heavy atom. The van der Waals surface area contributed by atoms with Crippen LogP contribution in [0.15, 0.2) is 97.4 Å². The van der Waals surface area contributed by atoms with Crippen LogP contribution < -0.4 is 10.6 Å². The highest BCUT2D eigenvalue weighted by atomic mass is 16.6. The van der Waals surface area contributed by atoms with Gasteiger partial charge in [0.05, 0.1) is 0 Å². The molecule has 0 bridgehead atoms. The first-order chi connectivity index (χ1) is 19.6. The number of rotatable bonds is 10. The Morgan fingerprint density at radius 1 is 0.976 bits per heavy atom. The van der Waals surface area contributed by atoms with Gasteiger partial charge in [0.25, 0.3) is 0 Å². The van der Waals surface area contributed by atoms with Crippen LogP contribution in [0.25, 0.3) is 10.9 Å². The SMILES string of the molecule is C=CC1=C(C=C)N(C(=O)C(Cc2ccccc2)NC(=O)C(Cc2c[nH]c3ccccc23)NC(=O)OC(C)(C)C)CC1. The first-order valence-electron chi connectivity index (χ1n) is 13.8. The summed E-state index contributed by atoms with van der Waals surface area (Å²) in [5.41, 5.74) is 3.55. The molecule has 8 nitrogen and oxygen atoms in total. The van der Waals surface area contributed by atoms with Gasteiger partial charge in [0.2, 0.25) is 11.8 Å². The Morgan fingerprint density at radius 2 is 1.68 bits per heavy atom. The quantitative estimate of drug-likeness (QED) is 0.321. The molecule has 1 aliphatic rings. The van der Waals surface area contributed by atoms with E-state index in [0.717, 1.165) is 27.6 Å². The van der Waals surface area contributed by atoms with Crippen LogP contribution in [0, 0.1) is 0 Å². The molecule has 3 aromatic rings. The lowest BCUT2D eigenvalue weighted by Gasteiger charge is -2.28. The summed E-state index contributed by atoms with van der Waals surface area (Å²) < 4.78 is 5.47. The number of amides is 3. The Bertz CT molecular complexity index is 1470. The summed E-state index contributed by atoms with van der Waals surface area (Å²) in [5, 5.41) is 6.64. The number of nitrogens with one attached hydrogen (secondary N) is 3. The van der Waals surface area contributed by atoms with E-state index in [1.165, 1.54) is 0 Å². The molecule has 2 heterocycles. The highest BCUT2D eigenvalue weighted by Gasteiger charge is 2.34. The van der Waals surface area contributed by atoms with Crippen molar-refractivity contribution in [2.24, 2.45) is 0 Å². The van der Waals surface area contributed by atoms with Crippen molar-refractivity contribution in [3.8, 4) is 0 Å². The highest BCUT2D eigenvalue weighted by molar-refractivity contribution is 5.93. The molecule has 4 rings (SSSR count). The molecular weight excluding hydrogens is 516 g/mol. The number of hydrogen-bond acceptors (Lipinski definition) is 4. The van der Waals surface area contributed by atoms with Crippen LogP contribution >= 0.6 is 0 Å². The maximum atomic E-state index is 13.9. The zero-order valence-corrected chi connectivity index (χ0v) is 23.9. The predicted molar refractivity (Wildman–Crippen MR) is 161 cm³/mol. The summed E-state index contributed by atoms with van der Waals surface area (Å²) in [5.74, 6) is -0.736. The van der Waals surface area contributed by atoms with Gasteiger partial charge in [0.1, 0.15) is 17.7 Å². The van der Waals surface area contributed by atoms with Gasteiger partial charge in [-0.15, -0.1) is 0 Å². The second kappa shape index (κ2) is 12.7. The van der Waals surface area contributed by atoms with E-state index < -0.39 is 29.7 Å². The largest absolute Gasteiger partial charge is 0.444 e. The molecule has 0 fully saturated rings. The van der Waals surface area contributed by atoms with Gasteiger partial charge in [-0.05, 0) is 56.0 Å². The number of allylic oxidation sites excluding steroid dienone is 2. The molecule has 41 heavy (non-hydrogen) atoms. The fourth-order valence-corrected chi connectivity index (χ4v) is 5.02. The molecule has 1 aromatic heterocycles. The third kappa shape index (κ3) is 7.33. The Hall–Kier alpha value is -4.59. The second-order valence-electron chi connectivity index (χ2n) is 11.1. The van der Waals surface area contributed by atoms with E-state index in [1.807, 2.05) is 60.8 Å². The minimum atomic E-state index is -0.994. The number of hydrogen-bond donors (Lipinski definition) is 3. The fraction of sp³-hybridized carbons (Fsp3) is 0.303. The van der Waals surface area contributed by atoms with Crippen molar-refractivity contribution in [3.63, 3.8) is 0 Å². The summed E-state index contributed by atoms with van der Waals surface area (Å²) in [4.78, 5) is 45.5. The number of benzene rings is 2. The maximum Gasteiger partial charge on any atom is 0.408 e. The molecule has 2 unspecified atom stereocenters. The van der Waals surface area contributed by atoms with E-state index in [4.69, 9.17) is 4.74 Å². The van der Waals surface area contributed by atoms with E-state index in [0.29, 0.717) is 18.7 Å². The van der Waals surface area contributed by atoms with Gasteiger partial charge in [0, 0.05) is 42.2 Å². The van der Waals surface area contributed by atoms with Crippen molar-refractivity contribution >= 4 is 28.8 Å². The van der Waals surface area contributed by atoms with Gasteiger partial charge in [-0.3, -0.25) is 9.59 Å². The minimum Gasteiger partial charge on any atom is -0.444 e. The molecule has 8 heteroatoms. The molecule has 2 atom stereocenters. The number of carbonyl (C=O) groups is 3. The number of aromatic nitrogens is 1. The van der Waals surface area contributed by atoms with Crippen LogP contribution in [-0.4, -0.2) is 52.0 Å². The molecule has 0 aliphatic carbocycles. The van der Waals surface area contributed by atoms with Crippen LogP contribution in [-0.2, 0) is 27.2 Å². The Labute approximate surface area is 241 Å². The predicted octanol–water partition coefficient (Wildman–Crippen LogP) is 5.19. The number of nitrogens with zero attached hydrogens (tertiary/aromatic N) is 1. The molecule has 1 aliphatic heterocycles. The van der Waals surface area contributed by atoms with E-state index in [2.05, 4.69) is 28.8 Å². The molecule has 0 saturated heterocycles. The van der Waals surface area contributed by atoms with Gasteiger partial charge in [-0.2, -0.15) is 0 Å². The number of ether oxygens (including phenoxy) is 1. The van der Waals surface area contributed by atoms with Crippen LogP contribution in [0.4, 0.5) is 4.79 Å². The fourth-order valence-electron chi connectivity index (χ4n) is 5.02. The molecule has 214 valence electrons. The number of carbonyl (C=O) groups excluding carboxylic acids is 3. The van der Waals surface area contributed by atoms with Crippen molar-refractivity contribution in [2.45, 2.75) is 57.7 Å². The summed E-state index contributed by atoms with van der Waals surface area (Å²) in [6, 6.07) is 15.4. The summed E-state index contributed by atoms with van der Waals surface area (Å²) in [6.45, 7) is 13.5. The van der Waals surface area contributed by atoms with E-state index in [-0.39, 0.29) is 18.7 Å². The van der Waals surface area contributed by atoms with Crippen LogP contribution in [0.3, 0.4) is 0 Å². The molecule has 0 radical (unpaired) electrons. The average molecular weight is 555 g/mol. The summed E-state index contributed by atoms with van der Waals surface area (Å²) >= 11 is 0. The zero-order chi connectivity index (χ0) is 29.6. The van der Waals surface area contributed by atoms with E-state index >= 15 is 0 Å². The minimum absolute atomic E-state index is 0.198. The van der Waals surface area contributed by atoms with Gasteiger partial charge >= 0.3 is 6.09 Å². The molecule has 3 N–H and O–H groups in total. The molecule has 0 spiro atoms. The second-order valence-corrected chi connectivity index (χ2v) is 11.1. The van der Waals surface area contributed by atoms with Crippen molar-refractivity contribution in [3.05, 3.63) is 109 Å². The lowest BCUT2D eigenvalue weighted by atomic mass is 10.0. The van der Waals surface area contributed by atoms with Crippen LogP contribution in [0.2, 0.25) is 0 Å². The van der Waals surface area contributed by atoms with Gasteiger partial charge in [-0.25, -0.2) is 4.79 Å². The van der Waals surface area contributed by atoms with E-state index in [9.17, 15) is 14.4 Å².